The molecule has 1 fully saturated rings. The molecule has 0 atom stereocenters. The zero-order chi connectivity index (χ0) is 18.9. The average molecular weight is 363 g/mol. The van der Waals surface area contributed by atoms with Gasteiger partial charge in [-0.05, 0) is 38.3 Å². The number of carboxylic acids is 1. The van der Waals surface area contributed by atoms with Crippen molar-refractivity contribution in [2.45, 2.75) is 26.2 Å². The number of aromatic nitrogens is 1. The molecule has 8 nitrogen and oxygen atoms in total. The molecule has 2 rings (SSSR count). The number of pyridine rings is 1. The van der Waals surface area contributed by atoms with Crippen LogP contribution in [0.2, 0.25) is 0 Å². The zero-order valence-corrected chi connectivity index (χ0v) is 14.9. The second kappa shape index (κ2) is 9.86. The highest BCUT2D eigenvalue weighted by molar-refractivity contribution is 5.95. The topological polar surface area (TPSA) is 109 Å². The molecule has 0 spiro atoms. The number of nitrogens with one attached hydrogen (secondary N) is 1. The van der Waals surface area contributed by atoms with Crippen LogP contribution >= 0.6 is 0 Å². The van der Waals surface area contributed by atoms with Crippen LogP contribution in [0.3, 0.4) is 0 Å². The van der Waals surface area contributed by atoms with Crippen LogP contribution in [0.4, 0.5) is 0 Å². The lowest BCUT2D eigenvalue weighted by Crippen LogP contribution is -2.43. The van der Waals surface area contributed by atoms with E-state index in [1.54, 1.807) is 4.90 Å². The molecule has 2 heterocycles. The fourth-order valence-electron chi connectivity index (χ4n) is 2.85. The summed E-state index contributed by atoms with van der Waals surface area (Å²) in [5, 5.41) is 11.8. The van der Waals surface area contributed by atoms with Crippen LogP contribution in [0.5, 0.6) is 0 Å². The summed E-state index contributed by atoms with van der Waals surface area (Å²) in [6, 6.07) is 2.79. The highest BCUT2D eigenvalue weighted by atomic mass is 16.5. The Balaban J connectivity index is 1.77. The molecule has 142 valence electrons. The number of amides is 2. The molecule has 1 aliphatic heterocycles. The van der Waals surface area contributed by atoms with Gasteiger partial charge in [0.2, 0.25) is 5.91 Å². The van der Waals surface area contributed by atoms with Crippen LogP contribution < -0.4 is 5.32 Å². The molecule has 0 aromatic carbocycles. The second-order valence-electron chi connectivity index (χ2n) is 6.15. The smallest absolute Gasteiger partial charge is 0.354 e. The van der Waals surface area contributed by atoms with Crippen LogP contribution in [0.25, 0.3) is 0 Å². The van der Waals surface area contributed by atoms with Gasteiger partial charge in [0.25, 0.3) is 5.91 Å². The predicted octanol–water partition coefficient (Wildman–Crippen LogP) is 1.17. The molecule has 1 aromatic rings. The van der Waals surface area contributed by atoms with Gasteiger partial charge in [-0.15, -0.1) is 0 Å². The predicted molar refractivity (Wildman–Crippen MR) is 93.9 cm³/mol. The van der Waals surface area contributed by atoms with Crippen LogP contribution in [0.15, 0.2) is 18.3 Å². The molecular formula is C18H25N3O5. The van der Waals surface area contributed by atoms with Gasteiger partial charge in [0.05, 0.1) is 5.56 Å². The van der Waals surface area contributed by atoms with Crippen molar-refractivity contribution in [2.75, 3.05) is 32.8 Å². The standard InChI is InChI=1S/C18H25N3O5/c1-2-26-11-3-8-19-16(22)13-6-9-21(10-7-13)17(23)14-4-5-15(18(24)25)20-12-14/h4-5,12-13H,2-3,6-11H2,1H3,(H,19,22)(H,24,25). The summed E-state index contributed by atoms with van der Waals surface area (Å²) in [5.41, 5.74) is 0.259. The van der Waals surface area contributed by atoms with Crippen molar-refractivity contribution in [3.8, 4) is 0 Å². The molecule has 0 bridgehead atoms. The number of ether oxygens (including phenoxy) is 1. The lowest BCUT2D eigenvalue weighted by atomic mass is 9.95. The van der Waals surface area contributed by atoms with E-state index in [0.29, 0.717) is 51.3 Å². The zero-order valence-electron chi connectivity index (χ0n) is 14.9. The van der Waals surface area contributed by atoms with Crippen LogP contribution in [-0.2, 0) is 9.53 Å². The van der Waals surface area contributed by atoms with E-state index in [4.69, 9.17) is 9.84 Å². The Bertz CT molecular complexity index is 624. The average Bonchev–Trinajstić information content (AvgIpc) is 2.67. The third-order valence-electron chi connectivity index (χ3n) is 4.35. The van der Waals surface area contributed by atoms with E-state index in [1.807, 2.05) is 6.92 Å². The van der Waals surface area contributed by atoms with Gasteiger partial charge >= 0.3 is 5.97 Å². The summed E-state index contributed by atoms with van der Waals surface area (Å²) in [6.07, 6.45) is 3.30. The number of carbonyl (C=O) groups excluding carboxylic acids is 2. The Morgan fingerprint density at radius 3 is 2.62 bits per heavy atom. The summed E-state index contributed by atoms with van der Waals surface area (Å²) in [4.78, 5) is 40.9. The van der Waals surface area contributed by atoms with E-state index in [0.717, 1.165) is 6.42 Å². The summed E-state index contributed by atoms with van der Waals surface area (Å²) in [7, 11) is 0. The van der Waals surface area contributed by atoms with Gasteiger partial charge in [-0.2, -0.15) is 0 Å². The Morgan fingerprint density at radius 2 is 2.04 bits per heavy atom. The lowest BCUT2D eigenvalue weighted by molar-refractivity contribution is -0.126. The van der Waals surface area contributed by atoms with Crippen LogP contribution in [0, 0.1) is 5.92 Å². The number of likely N-dealkylation sites (tertiary alicyclic amines) is 1. The van der Waals surface area contributed by atoms with Gasteiger partial charge in [0.15, 0.2) is 0 Å². The third-order valence-corrected chi connectivity index (χ3v) is 4.35. The third kappa shape index (κ3) is 5.52. The molecule has 0 unspecified atom stereocenters. The minimum absolute atomic E-state index is 0.0288. The maximum absolute atomic E-state index is 12.5. The molecule has 0 radical (unpaired) electrons. The molecule has 1 aliphatic rings. The minimum atomic E-state index is -1.13. The van der Waals surface area contributed by atoms with Crippen molar-refractivity contribution >= 4 is 17.8 Å². The van der Waals surface area contributed by atoms with Crippen LogP contribution in [0.1, 0.15) is 47.0 Å². The number of piperidine rings is 1. The summed E-state index contributed by atoms with van der Waals surface area (Å²) < 4.78 is 5.23. The maximum Gasteiger partial charge on any atom is 0.354 e. The van der Waals surface area contributed by atoms with Gasteiger partial charge in [-0.25, -0.2) is 9.78 Å². The van der Waals surface area contributed by atoms with Crippen molar-refractivity contribution in [3.05, 3.63) is 29.6 Å². The van der Waals surface area contributed by atoms with Crippen molar-refractivity contribution in [2.24, 2.45) is 5.92 Å². The van der Waals surface area contributed by atoms with Gasteiger partial charge in [-0.1, -0.05) is 0 Å². The van der Waals surface area contributed by atoms with Crippen LogP contribution in [-0.4, -0.2) is 65.6 Å². The molecule has 26 heavy (non-hydrogen) atoms. The Morgan fingerprint density at radius 1 is 1.31 bits per heavy atom. The van der Waals surface area contributed by atoms with Gasteiger partial charge < -0.3 is 20.1 Å². The van der Waals surface area contributed by atoms with Gasteiger partial charge in [0.1, 0.15) is 5.69 Å². The first-order chi connectivity index (χ1) is 12.5. The molecule has 2 N–H and O–H groups in total. The van der Waals surface area contributed by atoms with Crippen molar-refractivity contribution in [3.63, 3.8) is 0 Å². The largest absolute Gasteiger partial charge is 0.477 e. The molecular weight excluding hydrogens is 338 g/mol. The summed E-state index contributed by atoms with van der Waals surface area (Å²) >= 11 is 0. The van der Waals surface area contributed by atoms with E-state index in [1.165, 1.54) is 18.3 Å². The number of hydrogen-bond acceptors (Lipinski definition) is 5. The Hall–Kier alpha value is -2.48. The first-order valence-corrected chi connectivity index (χ1v) is 8.87. The highest BCUT2D eigenvalue weighted by Gasteiger charge is 2.27. The fourth-order valence-corrected chi connectivity index (χ4v) is 2.85. The Labute approximate surface area is 152 Å². The van der Waals surface area contributed by atoms with E-state index < -0.39 is 5.97 Å². The molecule has 1 aromatic heterocycles. The molecule has 2 amide bonds. The lowest BCUT2D eigenvalue weighted by Gasteiger charge is -2.31. The number of carbonyl (C=O) groups is 3. The first-order valence-electron chi connectivity index (χ1n) is 8.87. The number of hydrogen-bond donors (Lipinski definition) is 2. The van der Waals surface area contributed by atoms with Gasteiger partial charge in [-0.3, -0.25) is 9.59 Å². The molecule has 8 heteroatoms. The number of aromatic carboxylic acids is 1. The maximum atomic E-state index is 12.5. The van der Waals surface area contributed by atoms with E-state index in [2.05, 4.69) is 10.3 Å². The molecule has 0 saturated carbocycles. The van der Waals surface area contributed by atoms with E-state index in [-0.39, 0.29) is 23.4 Å². The van der Waals surface area contributed by atoms with Crippen molar-refractivity contribution in [1.29, 1.82) is 0 Å². The number of nitrogens with zero attached hydrogens (tertiary/aromatic N) is 2. The summed E-state index contributed by atoms with van der Waals surface area (Å²) in [6.45, 7) is 4.84. The first kappa shape index (κ1) is 19.8. The number of carboxylic acid groups (broad SMARTS) is 1. The van der Waals surface area contributed by atoms with Crippen molar-refractivity contribution < 1.29 is 24.2 Å². The minimum Gasteiger partial charge on any atom is -0.477 e. The Kier molecular flexibility index (Phi) is 7.53. The quantitative estimate of drug-likeness (QED) is 0.671. The van der Waals surface area contributed by atoms with E-state index >= 15 is 0 Å². The molecule has 0 aliphatic carbocycles. The fraction of sp³-hybridized carbons (Fsp3) is 0.556. The second-order valence-corrected chi connectivity index (χ2v) is 6.15. The van der Waals surface area contributed by atoms with E-state index in [9.17, 15) is 14.4 Å². The monoisotopic (exact) mass is 363 g/mol. The SMILES string of the molecule is CCOCCCNC(=O)C1CCN(C(=O)c2ccc(C(=O)O)nc2)CC1. The van der Waals surface area contributed by atoms with Crippen molar-refractivity contribution in [1.82, 2.24) is 15.2 Å². The van der Waals surface area contributed by atoms with Gasteiger partial charge in [0, 0.05) is 45.0 Å². The normalized spacial score (nSPS) is 14.9. The highest BCUT2D eigenvalue weighted by Crippen LogP contribution is 2.19. The molecule has 1 saturated heterocycles. The number of rotatable bonds is 8. The summed E-state index contributed by atoms with van der Waals surface area (Å²) in [5.74, 6) is -1.37.